The second-order valence-electron chi connectivity index (χ2n) is 4.60. The van der Waals surface area contributed by atoms with Crippen molar-refractivity contribution in [1.82, 2.24) is 0 Å². The Bertz CT molecular complexity index is 419. The van der Waals surface area contributed by atoms with Crippen LogP contribution < -0.4 is 5.32 Å². The fourth-order valence-corrected chi connectivity index (χ4v) is 1.55. The van der Waals surface area contributed by atoms with Crippen LogP contribution in [0.3, 0.4) is 0 Å². The van der Waals surface area contributed by atoms with Crippen LogP contribution in [0.5, 0.6) is 0 Å². The fourth-order valence-electron chi connectivity index (χ4n) is 1.33. The molecule has 0 bridgehead atoms. The van der Waals surface area contributed by atoms with Crippen LogP contribution in [0.2, 0.25) is 0 Å². The molecule has 0 amide bonds. The molecule has 0 aromatic heterocycles. The summed E-state index contributed by atoms with van der Waals surface area (Å²) >= 11 is 1.73. The van der Waals surface area contributed by atoms with Crippen LogP contribution in [-0.4, -0.2) is 22.5 Å². The number of thioether (sulfide) groups is 1. The minimum atomic E-state index is -0.353. The van der Waals surface area contributed by atoms with E-state index in [9.17, 15) is 10.1 Å². The third-order valence-electron chi connectivity index (χ3n) is 2.61. The summed E-state index contributed by atoms with van der Waals surface area (Å²) in [7, 11) is 0. The van der Waals surface area contributed by atoms with Gasteiger partial charge in [-0.25, -0.2) is 0 Å². The van der Waals surface area contributed by atoms with Gasteiger partial charge in [-0.1, -0.05) is 6.07 Å². The van der Waals surface area contributed by atoms with Crippen LogP contribution in [0.4, 0.5) is 11.4 Å². The number of nitro groups is 1. The molecule has 5 heteroatoms. The SMILES string of the molecule is CSC(C)(C)CNc1cc(C)ccc1[N+](=O)[O-]. The van der Waals surface area contributed by atoms with E-state index in [4.69, 9.17) is 0 Å². The van der Waals surface area contributed by atoms with E-state index in [1.807, 2.05) is 19.2 Å². The number of anilines is 1. The lowest BCUT2D eigenvalue weighted by Crippen LogP contribution is -2.26. The third kappa shape index (κ3) is 3.93. The molecule has 4 nitrogen and oxygen atoms in total. The highest BCUT2D eigenvalue weighted by Crippen LogP contribution is 2.28. The van der Waals surface area contributed by atoms with E-state index in [2.05, 4.69) is 19.2 Å². The molecule has 1 N–H and O–H groups in total. The molecule has 0 unspecified atom stereocenters. The van der Waals surface area contributed by atoms with E-state index >= 15 is 0 Å². The average molecular weight is 254 g/mol. The molecular formula is C12H18N2O2S. The van der Waals surface area contributed by atoms with Crippen LogP contribution in [0.1, 0.15) is 19.4 Å². The number of nitrogens with one attached hydrogen (secondary N) is 1. The lowest BCUT2D eigenvalue weighted by Gasteiger charge is -2.22. The van der Waals surface area contributed by atoms with E-state index in [1.165, 1.54) is 0 Å². The van der Waals surface area contributed by atoms with E-state index in [-0.39, 0.29) is 15.4 Å². The quantitative estimate of drug-likeness (QED) is 0.646. The summed E-state index contributed by atoms with van der Waals surface area (Å²) < 4.78 is 0.0532. The molecule has 1 aromatic rings. The monoisotopic (exact) mass is 254 g/mol. The zero-order chi connectivity index (χ0) is 13.1. The molecule has 0 aliphatic rings. The second kappa shape index (κ2) is 5.40. The van der Waals surface area contributed by atoms with Crippen LogP contribution in [0.25, 0.3) is 0 Å². The minimum Gasteiger partial charge on any atom is -0.378 e. The van der Waals surface area contributed by atoms with Crippen molar-refractivity contribution >= 4 is 23.1 Å². The lowest BCUT2D eigenvalue weighted by molar-refractivity contribution is -0.384. The zero-order valence-electron chi connectivity index (χ0n) is 10.6. The third-order valence-corrected chi connectivity index (χ3v) is 3.86. The molecule has 0 fully saturated rings. The summed E-state index contributed by atoms with van der Waals surface area (Å²) in [5.41, 5.74) is 1.74. The van der Waals surface area contributed by atoms with E-state index in [0.29, 0.717) is 12.2 Å². The number of hydrogen-bond acceptors (Lipinski definition) is 4. The fraction of sp³-hybridized carbons (Fsp3) is 0.500. The topological polar surface area (TPSA) is 55.2 Å². The van der Waals surface area contributed by atoms with Crippen molar-refractivity contribution in [2.45, 2.75) is 25.5 Å². The first kappa shape index (κ1) is 13.8. The number of benzene rings is 1. The highest BCUT2D eigenvalue weighted by atomic mass is 32.2. The molecule has 0 saturated carbocycles. The summed E-state index contributed by atoms with van der Waals surface area (Å²) in [6.07, 6.45) is 2.03. The van der Waals surface area contributed by atoms with Crippen molar-refractivity contribution in [2.75, 3.05) is 18.1 Å². The first-order valence-electron chi connectivity index (χ1n) is 5.40. The molecule has 94 valence electrons. The van der Waals surface area contributed by atoms with Gasteiger partial charge in [0.1, 0.15) is 5.69 Å². The Morgan fingerprint density at radius 2 is 2.12 bits per heavy atom. The molecule has 0 saturated heterocycles. The van der Waals surface area contributed by atoms with Gasteiger partial charge in [0.05, 0.1) is 4.92 Å². The number of nitro benzene ring substituents is 1. The lowest BCUT2D eigenvalue weighted by atomic mass is 10.1. The molecule has 0 spiro atoms. The maximum absolute atomic E-state index is 10.9. The van der Waals surface area contributed by atoms with E-state index < -0.39 is 0 Å². The smallest absolute Gasteiger partial charge is 0.292 e. The number of rotatable bonds is 5. The summed E-state index contributed by atoms with van der Waals surface area (Å²) in [6, 6.07) is 5.11. The molecule has 0 aliphatic heterocycles. The Kier molecular flexibility index (Phi) is 4.40. The zero-order valence-corrected chi connectivity index (χ0v) is 11.4. The second-order valence-corrected chi connectivity index (χ2v) is 6.11. The Morgan fingerprint density at radius 1 is 1.47 bits per heavy atom. The van der Waals surface area contributed by atoms with Gasteiger partial charge in [0.2, 0.25) is 0 Å². The van der Waals surface area contributed by atoms with Gasteiger partial charge in [-0.3, -0.25) is 10.1 Å². The van der Waals surface area contributed by atoms with Crippen molar-refractivity contribution in [1.29, 1.82) is 0 Å². The van der Waals surface area contributed by atoms with E-state index in [1.54, 1.807) is 23.9 Å². The van der Waals surface area contributed by atoms with Gasteiger partial charge in [0, 0.05) is 17.4 Å². The molecular weight excluding hydrogens is 236 g/mol. The molecule has 1 aromatic carbocycles. The highest BCUT2D eigenvalue weighted by Gasteiger charge is 2.19. The van der Waals surface area contributed by atoms with Crippen molar-refractivity contribution in [3.63, 3.8) is 0 Å². The van der Waals surface area contributed by atoms with Crippen LogP contribution >= 0.6 is 11.8 Å². The predicted octanol–water partition coefficient (Wildman–Crippen LogP) is 3.46. The molecule has 0 radical (unpaired) electrons. The van der Waals surface area contributed by atoms with Gasteiger partial charge < -0.3 is 5.32 Å². The van der Waals surface area contributed by atoms with Crippen LogP contribution in [0.15, 0.2) is 18.2 Å². The van der Waals surface area contributed by atoms with Crippen LogP contribution in [-0.2, 0) is 0 Å². The maximum Gasteiger partial charge on any atom is 0.292 e. The predicted molar refractivity (Wildman–Crippen MR) is 73.9 cm³/mol. The Hall–Kier alpha value is -1.23. The Morgan fingerprint density at radius 3 is 2.65 bits per heavy atom. The number of aryl methyl sites for hydroxylation is 1. The first-order chi connectivity index (χ1) is 7.85. The summed E-state index contributed by atoms with van der Waals surface area (Å²) in [5.74, 6) is 0. The average Bonchev–Trinajstić information content (AvgIpc) is 2.26. The number of nitrogens with zero attached hydrogens (tertiary/aromatic N) is 1. The Labute approximate surface area is 106 Å². The van der Waals surface area contributed by atoms with E-state index in [0.717, 1.165) is 5.56 Å². The normalized spacial score (nSPS) is 11.3. The molecule has 0 heterocycles. The van der Waals surface area contributed by atoms with Crippen molar-refractivity contribution in [2.24, 2.45) is 0 Å². The van der Waals surface area contributed by atoms with Gasteiger partial charge in [0.25, 0.3) is 5.69 Å². The van der Waals surface area contributed by atoms with Crippen molar-refractivity contribution in [3.8, 4) is 0 Å². The Balaban J connectivity index is 2.89. The first-order valence-corrected chi connectivity index (χ1v) is 6.62. The number of hydrogen-bond donors (Lipinski definition) is 1. The minimum absolute atomic E-state index is 0.0532. The summed E-state index contributed by atoms with van der Waals surface area (Å²) in [6.45, 7) is 6.83. The summed E-state index contributed by atoms with van der Waals surface area (Å²) in [5, 5.41) is 14.1. The molecule has 17 heavy (non-hydrogen) atoms. The van der Waals surface area contributed by atoms with Gasteiger partial charge in [-0.2, -0.15) is 11.8 Å². The standard InChI is InChI=1S/C12H18N2O2S/c1-9-5-6-11(14(15)16)10(7-9)13-8-12(2,3)17-4/h5-7,13H,8H2,1-4H3. The molecule has 0 aliphatic carbocycles. The maximum atomic E-state index is 10.9. The highest BCUT2D eigenvalue weighted by molar-refractivity contribution is 7.99. The van der Waals surface area contributed by atoms with Crippen molar-refractivity contribution < 1.29 is 4.92 Å². The van der Waals surface area contributed by atoms with Gasteiger partial charge in [-0.05, 0) is 38.7 Å². The molecule has 0 atom stereocenters. The molecule has 1 rings (SSSR count). The van der Waals surface area contributed by atoms with Gasteiger partial charge >= 0.3 is 0 Å². The van der Waals surface area contributed by atoms with Gasteiger partial charge in [0.15, 0.2) is 0 Å². The van der Waals surface area contributed by atoms with Gasteiger partial charge in [-0.15, -0.1) is 0 Å². The van der Waals surface area contributed by atoms with Crippen LogP contribution in [0, 0.1) is 17.0 Å². The summed E-state index contributed by atoms with van der Waals surface area (Å²) in [4.78, 5) is 10.5. The van der Waals surface area contributed by atoms with Crippen molar-refractivity contribution in [3.05, 3.63) is 33.9 Å². The largest absolute Gasteiger partial charge is 0.378 e.